The van der Waals surface area contributed by atoms with Gasteiger partial charge in [0.05, 0.1) is 0 Å². The Balaban J connectivity index is 3.06. The summed E-state index contributed by atoms with van der Waals surface area (Å²) in [5.74, 6) is 0.175. The topological polar surface area (TPSA) is 29.1 Å². The molecule has 0 rings (SSSR count). The highest BCUT2D eigenvalue weighted by Gasteiger charge is 1.94. The molecule has 1 amide bonds. The molecular weight excluding hydrogens is 229 g/mol. The Morgan fingerprint density at radius 3 is 2.78 bits per heavy atom. The molecule has 0 spiro atoms. The number of nitrogens with one attached hydrogen (secondary N) is 1. The lowest BCUT2D eigenvalue weighted by molar-refractivity contribution is -0.120. The van der Waals surface area contributed by atoms with Crippen molar-refractivity contribution in [3.05, 3.63) is 0 Å². The molecule has 0 atom stereocenters. The van der Waals surface area contributed by atoms with Gasteiger partial charge in [-0.2, -0.15) is 0 Å². The zero-order valence-corrected chi connectivity index (χ0v) is 7.77. The lowest BCUT2D eigenvalue weighted by Crippen LogP contribution is -2.24. The molecule has 0 fully saturated rings. The lowest BCUT2D eigenvalue weighted by Gasteiger charge is -1.98. The maximum atomic E-state index is 10.7. The van der Waals surface area contributed by atoms with Gasteiger partial charge in [0.25, 0.3) is 0 Å². The highest BCUT2D eigenvalue weighted by molar-refractivity contribution is 14.1. The number of halogens is 1. The third-order valence-electron chi connectivity index (χ3n) is 0.894. The van der Waals surface area contributed by atoms with Gasteiger partial charge in [-0.3, -0.25) is 4.79 Å². The van der Waals surface area contributed by atoms with Gasteiger partial charge in [-0.1, -0.05) is 29.5 Å². The molecule has 0 unspecified atom stereocenters. The molecule has 0 aliphatic heterocycles. The number of rotatable bonds is 4. The predicted molar refractivity (Wildman–Crippen MR) is 46.8 cm³/mol. The minimum atomic E-state index is 0.175. The van der Waals surface area contributed by atoms with Gasteiger partial charge in [-0.15, -0.1) is 0 Å². The maximum Gasteiger partial charge on any atom is 0.220 e. The molecule has 0 saturated heterocycles. The first-order valence-electron chi connectivity index (χ1n) is 3.14. The van der Waals surface area contributed by atoms with Crippen molar-refractivity contribution < 1.29 is 4.79 Å². The summed E-state index contributed by atoms with van der Waals surface area (Å²) < 4.78 is 0.993. The summed E-state index contributed by atoms with van der Waals surface area (Å²) in [6.07, 6.45) is 1.60. The van der Waals surface area contributed by atoms with Gasteiger partial charge in [0, 0.05) is 17.4 Å². The number of carbonyl (C=O) groups excluding carboxylic acids is 1. The van der Waals surface area contributed by atoms with Gasteiger partial charge in [0.1, 0.15) is 0 Å². The first-order valence-corrected chi connectivity index (χ1v) is 4.66. The van der Waals surface area contributed by atoms with E-state index in [1.165, 1.54) is 0 Å². The van der Waals surface area contributed by atoms with Gasteiger partial charge in [0.15, 0.2) is 0 Å². The minimum absolute atomic E-state index is 0.175. The van der Waals surface area contributed by atoms with Crippen LogP contribution in [0.5, 0.6) is 0 Å². The molecule has 0 aromatic carbocycles. The summed E-state index contributed by atoms with van der Waals surface area (Å²) in [5.41, 5.74) is 0. The molecule has 3 heteroatoms. The van der Waals surface area contributed by atoms with Crippen molar-refractivity contribution in [2.75, 3.05) is 11.0 Å². The molecule has 54 valence electrons. The number of hydrogen-bond acceptors (Lipinski definition) is 1. The molecule has 0 radical (unpaired) electrons. The Labute approximate surface area is 69.5 Å². The average molecular weight is 241 g/mol. The van der Waals surface area contributed by atoms with E-state index in [9.17, 15) is 4.79 Å². The van der Waals surface area contributed by atoms with Gasteiger partial charge in [-0.25, -0.2) is 0 Å². The molecule has 0 aromatic heterocycles. The van der Waals surface area contributed by atoms with Crippen LogP contribution in [0.2, 0.25) is 0 Å². The molecular formula is C6H12INO. The van der Waals surface area contributed by atoms with E-state index in [0.29, 0.717) is 6.42 Å². The summed E-state index contributed by atoms with van der Waals surface area (Å²) in [4.78, 5) is 10.7. The number of hydrogen-bond donors (Lipinski definition) is 1. The van der Waals surface area contributed by atoms with E-state index in [1.54, 1.807) is 0 Å². The number of alkyl halides is 1. The van der Waals surface area contributed by atoms with Gasteiger partial charge >= 0.3 is 0 Å². The first-order chi connectivity index (χ1) is 4.31. The maximum absolute atomic E-state index is 10.7. The Kier molecular flexibility index (Phi) is 6.46. The largest absolute Gasteiger partial charge is 0.355 e. The smallest absolute Gasteiger partial charge is 0.220 e. The van der Waals surface area contributed by atoms with Crippen molar-refractivity contribution >= 4 is 28.5 Å². The lowest BCUT2D eigenvalue weighted by atomic mass is 10.3. The molecule has 9 heavy (non-hydrogen) atoms. The van der Waals surface area contributed by atoms with E-state index in [2.05, 4.69) is 27.9 Å². The molecule has 0 heterocycles. The van der Waals surface area contributed by atoms with E-state index in [-0.39, 0.29) is 5.91 Å². The average Bonchev–Trinajstić information content (AvgIpc) is 1.85. The van der Waals surface area contributed by atoms with Crippen LogP contribution in [0.15, 0.2) is 0 Å². The van der Waals surface area contributed by atoms with E-state index < -0.39 is 0 Å². The molecule has 1 N–H and O–H groups in total. The first kappa shape index (κ1) is 9.20. The van der Waals surface area contributed by atoms with Crippen molar-refractivity contribution in [1.29, 1.82) is 0 Å². The fraction of sp³-hybridized carbons (Fsp3) is 0.833. The molecule has 0 aliphatic rings. The van der Waals surface area contributed by atoms with E-state index in [1.807, 2.05) is 6.92 Å². The summed E-state index contributed by atoms with van der Waals surface area (Å²) in [6.45, 7) is 2.81. The third-order valence-corrected chi connectivity index (χ3v) is 1.43. The summed E-state index contributed by atoms with van der Waals surface area (Å²) in [7, 11) is 0. The fourth-order valence-electron chi connectivity index (χ4n) is 0.502. The fourth-order valence-corrected chi connectivity index (χ4v) is 0.772. The van der Waals surface area contributed by atoms with Crippen molar-refractivity contribution in [2.45, 2.75) is 19.8 Å². The van der Waals surface area contributed by atoms with E-state index in [4.69, 9.17) is 0 Å². The summed E-state index contributed by atoms with van der Waals surface area (Å²) >= 11 is 2.23. The Morgan fingerprint density at radius 2 is 2.33 bits per heavy atom. The summed E-state index contributed by atoms with van der Waals surface area (Å²) in [6, 6.07) is 0. The van der Waals surface area contributed by atoms with Crippen LogP contribution in [0, 0.1) is 0 Å². The molecule has 0 aromatic rings. The highest BCUT2D eigenvalue weighted by Crippen LogP contribution is 1.85. The zero-order chi connectivity index (χ0) is 7.11. The van der Waals surface area contributed by atoms with Crippen LogP contribution in [-0.2, 0) is 4.79 Å². The number of carbonyl (C=O) groups is 1. The van der Waals surface area contributed by atoms with Crippen molar-refractivity contribution in [3.8, 4) is 0 Å². The number of amides is 1. The van der Waals surface area contributed by atoms with Crippen LogP contribution in [0.25, 0.3) is 0 Å². The Hall–Kier alpha value is 0.200. The van der Waals surface area contributed by atoms with E-state index >= 15 is 0 Å². The second-order valence-corrected chi connectivity index (χ2v) is 2.87. The van der Waals surface area contributed by atoms with Gasteiger partial charge < -0.3 is 5.32 Å². The SMILES string of the molecule is CCCC(=O)NCCI. The van der Waals surface area contributed by atoms with E-state index in [0.717, 1.165) is 17.4 Å². The zero-order valence-electron chi connectivity index (χ0n) is 5.61. The normalized spacial score (nSPS) is 9.11. The van der Waals surface area contributed by atoms with Crippen LogP contribution in [-0.4, -0.2) is 16.9 Å². The highest BCUT2D eigenvalue weighted by atomic mass is 127. The van der Waals surface area contributed by atoms with Crippen molar-refractivity contribution in [2.24, 2.45) is 0 Å². The minimum Gasteiger partial charge on any atom is -0.355 e. The second kappa shape index (κ2) is 6.32. The van der Waals surface area contributed by atoms with Gasteiger partial charge in [-0.05, 0) is 6.42 Å². The summed E-state index contributed by atoms with van der Waals surface area (Å²) in [5, 5.41) is 2.79. The molecule has 2 nitrogen and oxygen atoms in total. The Morgan fingerprint density at radius 1 is 1.67 bits per heavy atom. The molecule has 0 saturated carbocycles. The standard InChI is InChI=1S/C6H12INO/c1-2-3-6(9)8-5-4-7/h2-5H2,1H3,(H,8,9). The predicted octanol–water partition coefficient (Wildman–Crippen LogP) is 1.34. The monoisotopic (exact) mass is 241 g/mol. The van der Waals surface area contributed by atoms with Crippen molar-refractivity contribution in [1.82, 2.24) is 5.32 Å². The quantitative estimate of drug-likeness (QED) is 0.584. The van der Waals surface area contributed by atoms with Crippen LogP contribution in [0.1, 0.15) is 19.8 Å². The third kappa shape index (κ3) is 6.08. The van der Waals surface area contributed by atoms with Crippen LogP contribution >= 0.6 is 22.6 Å². The Bertz CT molecular complexity index is 85.1. The molecule has 0 aliphatic carbocycles. The molecule has 0 bridgehead atoms. The van der Waals surface area contributed by atoms with Crippen LogP contribution < -0.4 is 5.32 Å². The van der Waals surface area contributed by atoms with Gasteiger partial charge in [0.2, 0.25) is 5.91 Å². The van der Waals surface area contributed by atoms with Crippen molar-refractivity contribution in [3.63, 3.8) is 0 Å². The second-order valence-electron chi connectivity index (χ2n) is 1.79. The van der Waals surface area contributed by atoms with Crippen LogP contribution in [0.3, 0.4) is 0 Å². The van der Waals surface area contributed by atoms with Crippen LogP contribution in [0.4, 0.5) is 0 Å².